The molecule has 0 unspecified atom stereocenters. The molecule has 7 heteroatoms. The summed E-state index contributed by atoms with van der Waals surface area (Å²) in [5.41, 5.74) is 1.51. The number of rotatable bonds is 8. The number of amides is 1. The summed E-state index contributed by atoms with van der Waals surface area (Å²) in [5.74, 6) is -0.185. The molecular weight excluding hydrogens is 361 g/mol. The van der Waals surface area contributed by atoms with E-state index in [0.29, 0.717) is 36.8 Å². The van der Waals surface area contributed by atoms with Gasteiger partial charge in [0.2, 0.25) is 0 Å². The number of aryl methyl sites for hydroxylation is 1. The summed E-state index contributed by atoms with van der Waals surface area (Å²) in [7, 11) is 0. The second-order valence-corrected chi connectivity index (χ2v) is 7.37. The Labute approximate surface area is 163 Å². The van der Waals surface area contributed by atoms with Crippen LogP contribution in [0.1, 0.15) is 53.1 Å². The number of halogens is 1. The van der Waals surface area contributed by atoms with Crippen molar-refractivity contribution in [1.82, 2.24) is 10.3 Å². The van der Waals surface area contributed by atoms with Crippen molar-refractivity contribution < 1.29 is 18.7 Å². The number of aromatic nitrogens is 1. The predicted octanol–water partition coefficient (Wildman–Crippen LogP) is 3.55. The van der Waals surface area contributed by atoms with Crippen molar-refractivity contribution in [2.24, 2.45) is 5.92 Å². The van der Waals surface area contributed by atoms with E-state index in [0.717, 1.165) is 25.1 Å². The van der Waals surface area contributed by atoms with Crippen LogP contribution in [0, 0.1) is 11.7 Å². The third kappa shape index (κ3) is 4.78. The van der Waals surface area contributed by atoms with Gasteiger partial charge < -0.3 is 20.4 Å². The highest BCUT2D eigenvalue weighted by Crippen LogP contribution is 2.26. The van der Waals surface area contributed by atoms with Crippen molar-refractivity contribution in [3.8, 4) is 5.75 Å². The summed E-state index contributed by atoms with van der Waals surface area (Å²) >= 11 is 0. The number of anilines is 1. The Morgan fingerprint density at radius 2 is 2.14 bits per heavy atom. The summed E-state index contributed by atoms with van der Waals surface area (Å²) in [4.78, 5) is 27.6. The lowest BCUT2D eigenvalue weighted by Crippen LogP contribution is -2.25. The first-order valence-electron chi connectivity index (χ1n) is 9.63. The smallest absolute Gasteiger partial charge is 0.258 e. The van der Waals surface area contributed by atoms with Crippen LogP contribution in [0.5, 0.6) is 5.75 Å². The number of hydrogen-bond donors (Lipinski definition) is 3. The van der Waals surface area contributed by atoms with E-state index in [2.05, 4.69) is 29.5 Å². The number of ether oxygens (including phenoxy) is 1. The number of carbonyl (C=O) groups is 2. The Hall–Kier alpha value is -2.67. The highest BCUT2D eigenvalue weighted by molar-refractivity contribution is 6.13. The van der Waals surface area contributed by atoms with Crippen LogP contribution in [0.15, 0.2) is 24.4 Å². The lowest BCUT2D eigenvalue weighted by Gasteiger charge is -2.13. The van der Waals surface area contributed by atoms with Crippen molar-refractivity contribution >= 4 is 17.4 Å². The van der Waals surface area contributed by atoms with Crippen molar-refractivity contribution in [3.05, 3.63) is 47.0 Å². The topological polar surface area (TPSA) is 83.2 Å². The van der Waals surface area contributed by atoms with Crippen LogP contribution in [0.25, 0.3) is 0 Å². The van der Waals surface area contributed by atoms with E-state index in [-0.39, 0.29) is 17.0 Å². The monoisotopic (exact) mass is 387 g/mol. The van der Waals surface area contributed by atoms with Crippen LogP contribution in [-0.4, -0.2) is 36.4 Å². The maximum atomic E-state index is 14.4. The zero-order valence-electron chi connectivity index (χ0n) is 16.2. The molecule has 0 fully saturated rings. The van der Waals surface area contributed by atoms with Crippen LogP contribution in [0.3, 0.4) is 0 Å². The molecule has 1 aromatic carbocycles. The average molecular weight is 387 g/mol. The van der Waals surface area contributed by atoms with E-state index in [4.69, 9.17) is 4.74 Å². The number of nitrogens with one attached hydrogen (secondary N) is 3. The standard InChI is InChI=1S/C21H26FN3O3/c1-13(2)11-23-8-9-28-14-6-7-17(16(22)10-14)25-21(27)15-12-24-18-4-3-5-19(26)20(15)18/h6-7,10,12-13,23-24H,3-5,8-9,11H2,1-2H3,(H,25,27). The van der Waals surface area contributed by atoms with E-state index in [9.17, 15) is 14.0 Å². The Morgan fingerprint density at radius 3 is 2.89 bits per heavy atom. The fourth-order valence-electron chi connectivity index (χ4n) is 3.22. The Balaban J connectivity index is 1.60. The Kier molecular flexibility index (Phi) is 6.46. The normalized spacial score (nSPS) is 13.5. The molecule has 1 amide bonds. The number of aromatic amines is 1. The third-order valence-corrected chi connectivity index (χ3v) is 4.60. The molecule has 0 aliphatic heterocycles. The second kappa shape index (κ2) is 9.01. The second-order valence-electron chi connectivity index (χ2n) is 7.37. The molecule has 0 saturated heterocycles. The van der Waals surface area contributed by atoms with Crippen molar-refractivity contribution in [2.45, 2.75) is 33.1 Å². The molecule has 150 valence electrons. The molecule has 1 aromatic heterocycles. The molecule has 3 N–H and O–H groups in total. The van der Waals surface area contributed by atoms with Crippen LogP contribution >= 0.6 is 0 Å². The summed E-state index contributed by atoms with van der Waals surface area (Å²) in [6, 6.07) is 4.32. The van der Waals surface area contributed by atoms with Crippen molar-refractivity contribution in [3.63, 3.8) is 0 Å². The molecule has 6 nitrogen and oxygen atoms in total. The maximum Gasteiger partial charge on any atom is 0.258 e. The molecule has 0 radical (unpaired) electrons. The summed E-state index contributed by atoms with van der Waals surface area (Å²) in [6.45, 7) is 6.24. The van der Waals surface area contributed by atoms with Gasteiger partial charge in [-0.2, -0.15) is 0 Å². The van der Waals surface area contributed by atoms with Gasteiger partial charge in [0.05, 0.1) is 16.8 Å². The van der Waals surface area contributed by atoms with E-state index in [1.54, 1.807) is 6.07 Å². The number of carbonyl (C=O) groups excluding carboxylic acids is 2. The van der Waals surface area contributed by atoms with E-state index >= 15 is 0 Å². The van der Waals surface area contributed by atoms with Crippen LogP contribution in [0.2, 0.25) is 0 Å². The average Bonchev–Trinajstić information content (AvgIpc) is 3.09. The zero-order chi connectivity index (χ0) is 20.1. The third-order valence-electron chi connectivity index (χ3n) is 4.60. The van der Waals surface area contributed by atoms with Crippen LogP contribution < -0.4 is 15.4 Å². The van der Waals surface area contributed by atoms with Gasteiger partial charge in [0.25, 0.3) is 5.91 Å². The van der Waals surface area contributed by atoms with E-state index in [1.165, 1.54) is 18.3 Å². The van der Waals surface area contributed by atoms with Gasteiger partial charge in [-0.1, -0.05) is 13.8 Å². The molecule has 0 spiro atoms. The first-order valence-corrected chi connectivity index (χ1v) is 9.63. The number of ketones is 1. The molecule has 28 heavy (non-hydrogen) atoms. The van der Waals surface area contributed by atoms with Gasteiger partial charge in [0, 0.05) is 30.9 Å². The highest BCUT2D eigenvalue weighted by Gasteiger charge is 2.26. The lowest BCUT2D eigenvalue weighted by molar-refractivity contribution is 0.0956. The molecule has 0 atom stereocenters. The fraction of sp³-hybridized carbons (Fsp3) is 0.429. The SMILES string of the molecule is CC(C)CNCCOc1ccc(NC(=O)c2c[nH]c3c2C(=O)CCC3)c(F)c1. The van der Waals surface area contributed by atoms with Gasteiger partial charge in [0.15, 0.2) is 5.78 Å². The minimum absolute atomic E-state index is 0.0495. The number of hydrogen-bond acceptors (Lipinski definition) is 4. The Morgan fingerprint density at radius 1 is 1.32 bits per heavy atom. The number of Topliss-reactive ketones (excluding diaryl/α,β-unsaturated/α-hetero) is 1. The van der Waals surface area contributed by atoms with E-state index < -0.39 is 11.7 Å². The van der Waals surface area contributed by atoms with Gasteiger partial charge in [-0.05, 0) is 37.4 Å². The molecule has 0 bridgehead atoms. The van der Waals surface area contributed by atoms with Gasteiger partial charge in [0.1, 0.15) is 18.2 Å². The van der Waals surface area contributed by atoms with Crippen LogP contribution in [-0.2, 0) is 6.42 Å². The number of H-pyrrole nitrogens is 1. The minimum Gasteiger partial charge on any atom is -0.492 e. The lowest BCUT2D eigenvalue weighted by atomic mass is 9.93. The van der Waals surface area contributed by atoms with Crippen molar-refractivity contribution in [1.29, 1.82) is 0 Å². The van der Waals surface area contributed by atoms with Gasteiger partial charge >= 0.3 is 0 Å². The summed E-state index contributed by atoms with van der Waals surface area (Å²) < 4.78 is 19.9. The van der Waals surface area contributed by atoms with E-state index in [1.807, 2.05) is 0 Å². The largest absolute Gasteiger partial charge is 0.492 e. The molecule has 2 aromatic rings. The van der Waals surface area contributed by atoms with Gasteiger partial charge in [-0.3, -0.25) is 9.59 Å². The fourth-order valence-corrected chi connectivity index (χ4v) is 3.22. The number of benzene rings is 1. The highest BCUT2D eigenvalue weighted by atomic mass is 19.1. The molecule has 1 aliphatic carbocycles. The summed E-state index contributed by atoms with van der Waals surface area (Å²) in [6.07, 6.45) is 3.46. The van der Waals surface area contributed by atoms with Crippen LogP contribution in [0.4, 0.5) is 10.1 Å². The van der Waals surface area contributed by atoms with Crippen molar-refractivity contribution in [2.75, 3.05) is 25.0 Å². The molecule has 0 saturated carbocycles. The molecule has 1 aliphatic rings. The minimum atomic E-state index is -0.586. The van der Waals surface area contributed by atoms with Gasteiger partial charge in [-0.15, -0.1) is 0 Å². The maximum absolute atomic E-state index is 14.4. The predicted molar refractivity (Wildman–Crippen MR) is 106 cm³/mol. The molecule has 3 rings (SSSR count). The summed E-state index contributed by atoms with van der Waals surface area (Å²) in [5, 5.41) is 5.79. The zero-order valence-corrected chi connectivity index (χ0v) is 16.2. The first-order chi connectivity index (χ1) is 13.5. The van der Waals surface area contributed by atoms with Gasteiger partial charge in [-0.25, -0.2) is 4.39 Å². The number of fused-ring (bicyclic) bond motifs is 1. The first kappa shape index (κ1) is 20.1. The Bertz CT molecular complexity index is 861. The quantitative estimate of drug-likeness (QED) is 0.605. The molecule has 1 heterocycles. The molecular formula is C21H26FN3O3.